The summed E-state index contributed by atoms with van der Waals surface area (Å²) in [5, 5.41) is -0.404. The molecule has 1 aliphatic rings. The Labute approximate surface area is 118 Å². The number of ether oxygens (including phenoxy) is 1. The number of hydrogen-bond donors (Lipinski definition) is 1. The van der Waals surface area contributed by atoms with Crippen LogP contribution < -0.4 is 5.73 Å². The Morgan fingerprint density at radius 2 is 2.10 bits per heavy atom. The molecule has 0 spiro atoms. The molecule has 0 radical (unpaired) electrons. The summed E-state index contributed by atoms with van der Waals surface area (Å²) < 4.78 is 42.4. The van der Waals surface area contributed by atoms with Crippen molar-refractivity contribution in [1.82, 2.24) is 0 Å². The second kappa shape index (κ2) is 5.55. The van der Waals surface area contributed by atoms with Gasteiger partial charge in [0.15, 0.2) is 0 Å². The third-order valence-corrected chi connectivity index (χ3v) is 4.53. The van der Waals surface area contributed by atoms with Crippen LogP contribution in [0.15, 0.2) is 23.1 Å². The first kappa shape index (κ1) is 15.0. The van der Waals surface area contributed by atoms with E-state index >= 15 is 0 Å². The van der Waals surface area contributed by atoms with Gasteiger partial charge in [-0.25, -0.2) is 0 Å². The monoisotopic (exact) mass is 305 g/mol. The predicted octanol–water partition coefficient (Wildman–Crippen LogP) is 3.33. The number of thioether (sulfide) groups is 1. The first-order chi connectivity index (χ1) is 9.32. The lowest BCUT2D eigenvalue weighted by molar-refractivity contribution is -0.140. The number of carbonyl (C=O) groups excluding carboxylic acids is 1. The summed E-state index contributed by atoms with van der Waals surface area (Å²) in [4.78, 5) is 12.1. The van der Waals surface area contributed by atoms with Crippen LogP contribution in [-0.2, 0) is 15.7 Å². The normalized spacial score (nSPS) is 16.8. The van der Waals surface area contributed by atoms with Gasteiger partial charge in [0.2, 0.25) is 0 Å². The number of nitrogens with two attached hydrogens (primary N) is 1. The van der Waals surface area contributed by atoms with Crippen molar-refractivity contribution in [3.8, 4) is 0 Å². The minimum atomic E-state index is -4.42. The molecule has 2 rings (SSSR count). The molecule has 20 heavy (non-hydrogen) atoms. The van der Waals surface area contributed by atoms with E-state index in [0.717, 1.165) is 25.0 Å². The topological polar surface area (TPSA) is 52.3 Å². The summed E-state index contributed by atoms with van der Waals surface area (Å²) in [5.41, 5.74) is 4.89. The van der Waals surface area contributed by atoms with E-state index in [1.54, 1.807) is 0 Å². The highest BCUT2D eigenvalue weighted by molar-refractivity contribution is 8.00. The number of nitrogen functional groups attached to an aromatic ring is 1. The summed E-state index contributed by atoms with van der Waals surface area (Å²) in [6, 6.07) is 3.17. The Morgan fingerprint density at radius 1 is 1.45 bits per heavy atom. The Balaban J connectivity index is 2.18. The highest BCUT2D eigenvalue weighted by Gasteiger charge is 2.38. The molecule has 0 saturated heterocycles. The van der Waals surface area contributed by atoms with E-state index in [0.29, 0.717) is 4.90 Å². The van der Waals surface area contributed by atoms with Gasteiger partial charge in [-0.15, -0.1) is 11.8 Å². The number of halogens is 3. The number of carbonyl (C=O) groups is 1. The lowest BCUT2D eigenvalue weighted by Crippen LogP contribution is -2.21. The summed E-state index contributed by atoms with van der Waals surface area (Å²) in [5.74, 6) is -0.147. The molecule has 0 heterocycles. The molecule has 0 bridgehead atoms. The second-order valence-electron chi connectivity index (χ2n) is 4.65. The fourth-order valence-corrected chi connectivity index (χ4v) is 3.09. The maximum atomic E-state index is 12.5. The molecule has 0 aliphatic heterocycles. The quantitative estimate of drug-likeness (QED) is 0.526. The predicted molar refractivity (Wildman–Crippen MR) is 70.2 cm³/mol. The molecular formula is C13H14F3NO2S. The maximum Gasteiger partial charge on any atom is 0.416 e. The van der Waals surface area contributed by atoms with Gasteiger partial charge in [-0.2, -0.15) is 13.2 Å². The molecular weight excluding hydrogens is 291 g/mol. The zero-order valence-corrected chi connectivity index (χ0v) is 11.6. The molecule has 1 aromatic rings. The number of anilines is 1. The molecule has 1 fully saturated rings. The Bertz CT molecular complexity index is 515. The average Bonchev–Trinajstić information content (AvgIpc) is 3.19. The van der Waals surface area contributed by atoms with E-state index in [4.69, 9.17) is 10.5 Å². The third kappa shape index (κ3) is 3.39. The molecule has 3 nitrogen and oxygen atoms in total. The smallest absolute Gasteiger partial charge is 0.416 e. The van der Waals surface area contributed by atoms with Crippen LogP contribution in [0.25, 0.3) is 0 Å². The van der Waals surface area contributed by atoms with Crippen LogP contribution in [0.4, 0.5) is 18.9 Å². The Morgan fingerprint density at radius 3 is 2.55 bits per heavy atom. The highest BCUT2D eigenvalue weighted by Crippen LogP contribution is 2.44. The first-order valence-corrected chi connectivity index (χ1v) is 6.92. The van der Waals surface area contributed by atoms with Gasteiger partial charge in [0.25, 0.3) is 0 Å². The van der Waals surface area contributed by atoms with Crippen LogP contribution in [-0.4, -0.2) is 18.3 Å². The van der Waals surface area contributed by atoms with E-state index in [2.05, 4.69) is 0 Å². The summed E-state index contributed by atoms with van der Waals surface area (Å²) >= 11 is 1.17. The molecule has 2 N–H and O–H groups in total. The van der Waals surface area contributed by atoms with Crippen LogP contribution in [0.1, 0.15) is 18.4 Å². The van der Waals surface area contributed by atoms with Crippen LogP contribution in [0.3, 0.4) is 0 Å². The number of methoxy groups -OCH3 is 1. The Hall–Kier alpha value is -1.37. The molecule has 1 saturated carbocycles. The van der Waals surface area contributed by atoms with Gasteiger partial charge in [-0.05, 0) is 37.0 Å². The van der Waals surface area contributed by atoms with Crippen LogP contribution in [0.2, 0.25) is 0 Å². The Kier molecular flexibility index (Phi) is 4.17. The van der Waals surface area contributed by atoms with Crippen molar-refractivity contribution >= 4 is 23.4 Å². The van der Waals surface area contributed by atoms with Crippen LogP contribution >= 0.6 is 11.8 Å². The number of benzene rings is 1. The molecule has 7 heteroatoms. The van der Waals surface area contributed by atoms with E-state index in [-0.39, 0.29) is 17.6 Å². The van der Waals surface area contributed by atoms with Crippen molar-refractivity contribution in [1.29, 1.82) is 0 Å². The van der Waals surface area contributed by atoms with Crippen molar-refractivity contribution in [2.24, 2.45) is 5.92 Å². The van der Waals surface area contributed by atoms with Crippen LogP contribution in [0.5, 0.6) is 0 Å². The van der Waals surface area contributed by atoms with Gasteiger partial charge >= 0.3 is 12.1 Å². The molecule has 110 valence electrons. The number of alkyl halides is 3. The average molecular weight is 305 g/mol. The van der Waals surface area contributed by atoms with E-state index < -0.39 is 17.0 Å². The zero-order valence-electron chi connectivity index (χ0n) is 10.7. The van der Waals surface area contributed by atoms with Crippen molar-refractivity contribution in [3.63, 3.8) is 0 Å². The van der Waals surface area contributed by atoms with Gasteiger partial charge in [-0.3, -0.25) is 4.79 Å². The maximum absolute atomic E-state index is 12.5. The van der Waals surface area contributed by atoms with Crippen LogP contribution in [0, 0.1) is 5.92 Å². The van der Waals surface area contributed by atoms with Gasteiger partial charge in [0.1, 0.15) is 5.25 Å². The summed E-state index contributed by atoms with van der Waals surface area (Å²) in [7, 11) is 1.30. The molecule has 1 atom stereocenters. The molecule has 1 aliphatic carbocycles. The van der Waals surface area contributed by atoms with Gasteiger partial charge in [0, 0.05) is 10.6 Å². The standard InChI is InChI=1S/C13H14F3NO2S/c1-19-12(18)11(7-2-3-7)20-10-5-4-8(6-9(10)17)13(14,15)16/h4-7,11H,2-3,17H2,1H3. The van der Waals surface area contributed by atoms with Crippen molar-refractivity contribution in [3.05, 3.63) is 23.8 Å². The minimum absolute atomic E-state index is 0.0272. The molecule has 0 aromatic heterocycles. The van der Waals surface area contributed by atoms with E-state index in [1.807, 2.05) is 0 Å². The molecule has 1 unspecified atom stereocenters. The highest BCUT2D eigenvalue weighted by atomic mass is 32.2. The SMILES string of the molecule is COC(=O)C(Sc1ccc(C(F)(F)F)cc1N)C1CC1. The van der Waals surface area contributed by atoms with Gasteiger partial charge in [0.05, 0.1) is 12.7 Å². The lowest BCUT2D eigenvalue weighted by Gasteiger charge is -2.15. The first-order valence-electron chi connectivity index (χ1n) is 6.04. The fourth-order valence-electron chi connectivity index (χ4n) is 1.82. The van der Waals surface area contributed by atoms with Crippen molar-refractivity contribution < 1.29 is 22.7 Å². The van der Waals surface area contributed by atoms with Crippen molar-refractivity contribution in [2.75, 3.05) is 12.8 Å². The van der Waals surface area contributed by atoms with Gasteiger partial charge < -0.3 is 10.5 Å². The fraction of sp³-hybridized carbons (Fsp3) is 0.462. The molecule has 1 aromatic carbocycles. The number of esters is 1. The summed E-state index contributed by atoms with van der Waals surface area (Å²) in [6.45, 7) is 0. The number of hydrogen-bond acceptors (Lipinski definition) is 4. The number of rotatable bonds is 4. The second-order valence-corrected chi connectivity index (χ2v) is 5.83. The van der Waals surface area contributed by atoms with E-state index in [9.17, 15) is 18.0 Å². The third-order valence-electron chi connectivity index (χ3n) is 3.07. The zero-order chi connectivity index (χ0) is 14.9. The van der Waals surface area contributed by atoms with E-state index in [1.165, 1.54) is 24.9 Å². The summed E-state index contributed by atoms with van der Waals surface area (Å²) in [6.07, 6.45) is -2.57. The molecule has 0 amide bonds. The lowest BCUT2D eigenvalue weighted by atomic mass is 10.2. The largest absolute Gasteiger partial charge is 0.468 e. The van der Waals surface area contributed by atoms with Crippen molar-refractivity contribution in [2.45, 2.75) is 29.2 Å². The van der Waals surface area contributed by atoms with Gasteiger partial charge in [-0.1, -0.05) is 0 Å². The minimum Gasteiger partial charge on any atom is -0.468 e.